The fourth-order valence-electron chi connectivity index (χ4n) is 2.30. The van der Waals surface area contributed by atoms with E-state index in [2.05, 4.69) is 20.3 Å². The molecule has 6 nitrogen and oxygen atoms in total. The average molecular weight is 322 g/mol. The van der Waals surface area contributed by atoms with Crippen LogP contribution >= 0.6 is 0 Å². The first-order chi connectivity index (χ1) is 11.7. The smallest absolute Gasteiger partial charge is 0.180 e. The van der Waals surface area contributed by atoms with E-state index in [1.807, 2.05) is 49.4 Å². The van der Waals surface area contributed by atoms with Crippen molar-refractivity contribution in [1.82, 2.24) is 15.0 Å². The van der Waals surface area contributed by atoms with Crippen LogP contribution in [0, 0.1) is 6.92 Å². The molecule has 3 aromatic rings. The minimum absolute atomic E-state index is 0.582. The maximum Gasteiger partial charge on any atom is 0.180 e. The second-order valence-electron chi connectivity index (χ2n) is 5.13. The molecule has 0 aliphatic heterocycles. The first-order valence-corrected chi connectivity index (χ1v) is 7.46. The fourth-order valence-corrected chi connectivity index (χ4v) is 2.30. The topological polar surface area (TPSA) is 69.2 Å². The molecule has 3 rings (SSSR count). The number of benzene rings is 1. The number of nitrogens with one attached hydrogen (secondary N) is 1. The summed E-state index contributed by atoms with van der Waals surface area (Å²) in [6, 6.07) is 13.1. The average Bonchev–Trinajstić information content (AvgIpc) is 2.62. The monoisotopic (exact) mass is 322 g/mol. The van der Waals surface area contributed by atoms with Crippen LogP contribution in [0.4, 0.5) is 11.5 Å². The number of anilines is 2. The maximum atomic E-state index is 5.32. The number of aryl methyl sites for hydroxylation is 1. The van der Waals surface area contributed by atoms with Crippen molar-refractivity contribution in [2.75, 3.05) is 19.5 Å². The summed E-state index contributed by atoms with van der Waals surface area (Å²) in [5.74, 6) is 2.60. The van der Waals surface area contributed by atoms with Crippen molar-refractivity contribution in [3.8, 4) is 23.0 Å². The molecule has 1 N–H and O–H groups in total. The molecule has 0 bridgehead atoms. The Labute approximate surface area is 140 Å². The number of rotatable bonds is 5. The fraction of sp³-hybridized carbons (Fsp3) is 0.167. The SMILES string of the molecule is COc1ccc(Nc2cc(C)nc(-c3ccccn3)n2)cc1OC. The van der Waals surface area contributed by atoms with Crippen molar-refractivity contribution in [2.24, 2.45) is 0 Å². The van der Waals surface area contributed by atoms with Gasteiger partial charge < -0.3 is 14.8 Å². The van der Waals surface area contributed by atoms with E-state index in [0.717, 1.165) is 17.1 Å². The molecule has 1 aromatic carbocycles. The summed E-state index contributed by atoms with van der Waals surface area (Å²) in [6.07, 6.45) is 1.72. The highest BCUT2D eigenvalue weighted by atomic mass is 16.5. The molecule has 0 radical (unpaired) electrons. The van der Waals surface area contributed by atoms with Crippen molar-refractivity contribution in [3.63, 3.8) is 0 Å². The van der Waals surface area contributed by atoms with E-state index in [0.29, 0.717) is 23.1 Å². The van der Waals surface area contributed by atoms with Crippen LogP contribution in [0.2, 0.25) is 0 Å². The van der Waals surface area contributed by atoms with Gasteiger partial charge in [0.25, 0.3) is 0 Å². The Morgan fingerprint density at radius 3 is 2.46 bits per heavy atom. The number of methoxy groups -OCH3 is 2. The van der Waals surface area contributed by atoms with Gasteiger partial charge in [-0.2, -0.15) is 0 Å². The second kappa shape index (κ2) is 6.95. The first kappa shape index (κ1) is 15.7. The third-order valence-electron chi connectivity index (χ3n) is 3.40. The molecular formula is C18H18N4O2. The Kier molecular flexibility index (Phi) is 4.56. The Bertz CT molecular complexity index is 838. The van der Waals surface area contributed by atoms with Gasteiger partial charge in [0.1, 0.15) is 11.5 Å². The van der Waals surface area contributed by atoms with E-state index >= 15 is 0 Å². The molecule has 0 fully saturated rings. The highest BCUT2D eigenvalue weighted by molar-refractivity contribution is 5.63. The molecule has 2 heterocycles. The van der Waals surface area contributed by atoms with Crippen LogP contribution in [0.15, 0.2) is 48.7 Å². The minimum Gasteiger partial charge on any atom is -0.493 e. The van der Waals surface area contributed by atoms with Crippen molar-refractivity contribution in [3.05, 3.63) is 54.4 Å². The van der Waals surface area contributed by atoms with Crippen LogP contribution in [0.1, 0.15) is 5.69 Å². The maximum absolute atomic E-state index is 5.32. The molecule has 0 amide bonds. The van der Waals surface area contributed by atoms with E-state index in [4.69, 9.17) is 9.47 Å². The Morgan fingerprint density at radius 1 is 0.917 bits per heavy atom. The zero-order valence-electron chi connectivity index (χ0n) is 13.8. The van der Waals surface area contributed by atoms with Crippen molar-refractivity contribution in [1.29, 1.82) is 0 Å². The predicted octanol–water partition coefficient (Wildman–Crippen LogP) is 3.61. The van der Waals surface area contributed by atoms with Crippen molar-refractivity contribution >= 4 is 11.5 Å². The van der Waals surface area contributed by atoms with Crippen LogP contribution in [0.3, 0.4) is 0 Å². The highest BCUT2D eigenvalue weighted by Gasteiger charge is 2.08. The zero-order chi connectivity index (χ0) is 16.9. The predicted molar refractivity (Wildman–Crippen MR) is 92.8 cm³/mol. The van der Waals surface area contributed by atoms with Gasteiger partial charge in [0.15, 0.2) is 17.3 Å². The lowest BCUT2D eigenvalue weighted by Crippen LogP contribution is -2.00. The lowest BCUT2D eigenvalue weighted by molar-refractivity contribution is 0.355. The Hall–Kier alpha value is -3.15. The minimum atomic E-state index is 0.582. The molecule has 0 saturated carbocycles. The summed E-state index contributed by atoms with van der Waals surface area (Å²) < 4.78 is 10.6. The molecular weight excluding hydrogens is 304 g/mol. The summed E-state index contributed by atoms with van der Waals surface area (Å²) >= 11 is 0. The van der Waals surface area contributed by atoms with Gasteiger partial charge in [0.2, 0.25) is 0 Å². The zero-order valence-corrected chi connectivity index (χ0v) is 13.8. The molecule has 24 heavy (non-hydrogen) atoms. The standard InChI is InChI=1S/C18H18N4O2/c1-12-10-17(22-18(20-12)14-6-4-5-9-19-14)21-13-7-8-15(23-2)16(11-13)24-3/h4-11H,1-3H3,(H,20,21,22). The van der Waals surface area contributed by atoms with Crippen LogP contribution < -0.4 is 14.8 Å². The third-order valence-corrected chi connectivity index (χ3v) is 3.40. The van der Waals surface area contributed by atoms with E-state index in [1.165, 1.54) is 0 Å². The lowest BCUT2D eigenvalue weighted by Gasteiger charge is -2.12. The normalized spacial score (nSPS) is 10.3. The first-order valence-electron chi connectivity index (χ1n) is 7.46. The Balaban J connectivity index is 1.92. The van der Waals surface area contributed by atoms with Crippen molar-refractivity contribution < 1.29 is 9.47 Å². The molecule has 2 aromatic heterocycles. The van der Waals surface area contributed by atoms with E-state index < -0.39 is 0 Å². The Morgan fingerprint density at radius 2 is 1.75 bits per heavy atom. The molecule has 0 atom stereocenters. The number of ether oxygens (including phenoxy) is 2. The number of pyridine rings is 1. The van der Waals surface area contributed by atoms with Crippen molar-refractivity contribution in [2.45, 2.75) is 6.92 Å². The summed E-state index contributed by atoms with van der Waals surface area (Å²) in [5.41, 5.74) is 2.43. The van der Waals surface area contributed by atoms with Crippen LogP contribution in [0.5, 0.6) is 11.5 Å². The van der Waals surface area contributed by atoms with Gasteiger partial charge in [0, 0.05) is 29.7 Å². The van der Waals surface area contributed by atoms with Gasteiger partial charge >= 0.3 is 0 Å². The van der Waals surface area contributed by atoms with E-state index in [1.54, 1.807) is 20.4 Å². The summed E-state index contributed by atoms with van der Waals surface area (Å²) in [5, 5.41) is 3.27. The summed E-state index contributed by atoms with van der Waals surface area (Å²) in [7, 11) is 3.22. The lowest BCUT2D eigenvalue weighted by atomic mass is 10.2. The molecule has 0 saturated heterocycles. The number of hydrogen-bond acceptors (Lipinski definition) is 6. The molecule has 6 heteroatoms. The van der Waals surface area contributed by atoms with E-state index in [-0.39, 0.29) is 0 Å². The molecule has 0 spiro atoms. The highest BCUT2D eigenvalue weighted by Crippen LogP contribution is 2.31. The molecule has 0 unspecified atom stereocenters. The van der Waals surface area contributed by atoms with Gasteiger partial charge in [-0.05, 0) is 31.2 Å². The van der Waals surface area contributed by atoms with Gasteiger partial charge in [-0.25, -0.2) is 9.97 Å². The van der Waals surface area contributed by atoms with Gasteiger partial charge in [-0.3, -0.25) is 4.98 Å². The van der Waals surface area contributed by atoms with E-state index in [9.17, 15) is 0 Å². The quantitative estimate of drug-likeness (QED) is 0.774. The van der Waals surface area contributed by atoms with Crippen LogP contribution in [0.25, 0.3) is 11.5 Å². The molecule has 0 aliphatic carbocycles. The van der Waals surface area contributed by atoms with Crippen LogP contribution in [-0.2, 0) is 0 Å². The van der Waals surface area contributed by atoms with Gasteiger partial charge in [-0.1, -0.05) is 6.07 Å². The van der Waals surface area contributed by atoms with Gasteiger partial charge in [0.05, 0.1) is 14.2 Å². The number of nitrogens with zero attached hydrogens (tertiary/aromatic N) is 3. The number of hydrogen-bond donors (Lipinski definition) is 1. The third kappa shape index (κ3) is 3.43. The summed E-state index contributed by atoms with van der Waals surface area (Å²) in [6.45, 7) is 1.92. The largest absolute Gasteiger partial charge is 0.493 e. The number of aromatic nitrogens is 3. The molecule has 122 valence electrons. The summed E-state index contributed by atoms with van der Waals surface area (Å²) in [4.78, 5) is 13.3. The van der Waals surface area contributed by atoms with Gasteiger partial charge in [-0.15, -0.1) is 0 Å². The molecule has 0 aliphatic rings. The second-order valence-corrected chi connectivity index (χ2v) is 5.13. The van der Waals surface area contributed by atoms with Crippen LogP contribution in [-0.4, -0.2) is 29.2 Å².